The molecule has 1 aromatic heterocycles. The number of hydrogen-bond donors (Lipinski definition) is 0. The highest BCUT2D eigenvalue weighted by molar-refractivity contribution is 6.02. The maximum atomic E-state index is 4.69. The van der Waals surface area contributed by atoms with Crippen LogP contribution >= 0.6 is 0 Å². The van der Waals surface area contributed by atoms with Crippen molar-refractivity contribution < 1.29 is 0 Å². The van der Waals surface area contributed by atoms with Crippen molar-refractivity contribution in [3.63, 3.8) is 0 Å². The minimum atomic E-state index is 0.0164. The Labute approximate surface area is 288 Å². The van der Waals surface area contributed by atoms with Crippen molar-refractivity contribution in [2.45, 2.75) is 32.6 Å². The van der Waals surface area contributed by atoms with Gasteiger partial charge in [-0.15, -0.1) is 0 Å². The molecule has 0 N–H and O–H groups in total. The van der Waals surface area contributed by atoms with Gasteiger partial charge in [0, 0.05) is 35.0 Å². The van der Waals surface area contributed by atoms with Gasteiger partial charge >= 0.3 is 0 Å². The Morgan fingerprint density at radius 1 is 0.714 bits per heavy atom. The lowest BCUT2D eigenvalue weighted by molar-refractivity contribution is 0.529. The predicted molar refractivity (Wildman–Crippen MR) is 204 cm³/mol. The summed E-state index contributed by atoms with van der Waals surface area (Å²) < 4.78 is 0. The average Bonchev–Trinajstić information content (AvgIpc) is 3.17. The zero-order chi connectivity index (χ0) is 32.8. The molecular formula is C47H38N2. The highest BCUT2D eigenvalue weighted by Crippen LogP contribution is 2.45. The first-order valence-corrected chi connectivity index (χ1v) is 17.5. The summed E-state index contributed by atoms with van der Waals surface area (Å²) in [7, 11) is 0. The van der Waals surface area contributed by atoms with Crippen LogP contribution in [0.3, 0.4) is 0 Å². The molecule has 1 aliphatic heterocycles. The van der Waals surface area contributed by atoms with Crippen molar-refractivity contribution in [1.82, 2.24) is 4.98 Å². The van der Waals surface area contributed by atoms with Crippen LogP contribution in [0.5, 0.6) is 0 Å². The maximum absolute atomic E-state index is 4.69. The lowest BCUT2D eigenvalue weighted by atomic mass is 9.70. The molecular weight excluding hydrogens is 593 g/mol. The van der Waals surface area contributed by atoms with E-state index in [9.17, 15) is 0 Å². The van der Waals surface area contributed by atoms with Gasteiger partial charge in [-0.25, -0.2) is 0 Å². The van der Waals surface area contributed by atoms with Gasteiger partial charge in [-0.2, -0.15) is 0 Å². The van der Waals surface area contributed by atoms with E-state index >= 15 is 0 Å². The summed E-state index contributed by atoms with van der Waals surface area (Å²) in [5.74, 6) is 0.262. The van der Waals surface area contributed by atoms with Crippen LogP contribution in [-0.2, 0) is 0 Å². The Morgan fingerprint density at radius 2 is 1.53 bits per heavy atom. The normalized spacial score (nSPS) is 22.0. The molecule has 0 bridgehead atoms. The first kappa shape index (κ1) is 29.5. The Morgan fingerprint density at radius 3 is 2.35 bits per heavy atom. The Kier molecular flexibility index (Phi) is 7.31. The molecule has 4 aromatic rings. The van der Waals surface area contributed by atoms with Gasteiger partial charge in [0.2, 0.25) is 0 Å². The van der Waals surface area contributed by atoms with Crippen molar-refractivity contribution in [3.8, 4) is 11.3 Å². The Balaban J connectivity index is 1.29. The van der Waals surface area contributed by atoms with E-state index in [1.807, 2.05) is 18.5 Å². The molecule has 0 saturated heterocycles. The van der Waals surface area contributed by atoms with E-state index in [-0.39, 0.29) is 11.3 Å². The molecule has 0 amide bonds. The van der Waals surface area contributed by atoms with Crippen molar-refractivity contribution in [2.24, 2.45) is 16.3 Å². The topological polar surface area (TPSA) is 25.2 Å². The number of allylic oxidation sites excluding steroid dienone is 13. The minimum Gasteiger partial charge on any atom is -0.261 e. The number of pyridine rings is 1. The van der Waals surface area contributed by atoms with Gasteiger partial charge in [0.15, 0.2) is 0 Å². The second kappa shape index (κ2) is 12.1. The fraction of sp³-hybridized carbons (Fsp3) is 0.149. The van der Waals surface area contributed by atoms with E-state index in [0.29, 0.717) is 0 Å². The standard InChI is InChI=1S/C47H38N2/c1-47-27-7-4-14-42(47)37(13-10-28-47)36-25-26-40-41(31-36)46(35-23-19-33(20-24-35)44-16-6-9-30-49-44)39-12-3-2-11-38(39)45(40)34-21-17-32(18-22-34)43-15-5-8-29-48-43/h2-5,7-10,12-15,17-27,29-31,38H,6,11,16,28H2,1H3. The summed E-state index contributed by atoms with van der Waals surface area (Å²) in [4.78, 5) is 9.30. The summed E-state index contributed by atoms with van der Waals surface area (Å²) in [6.45, 7) is 2.36. The van der Waals surface area contributed by atoms with Crippen LogP contribution in [0.25, 0.3) is 28.0 Å². The second-order valence-electron chi connectivity index (χ2n) is 13.8. The average molecular weight is 631 g/mol. The van der Waals surface area contributed by atoms with Gasteiger partial charge in [-0.1, -0.05) is 134 Å². The molecule has 9 rings (SSSR count). The molecule has 5 aliphatic rings. The second-order valence-corrected chi connectivity index (χ2v) is 13.8. The summed E-state index contributed by atoms with van der Waals surface area (Å²) in [6, 6.07) is 31.5. The van der Waals surface area contributed by atoms with Crippen molar-refractivity contribution >= 4 is 22.4 Å². The molecule has 0 saturated carbocycles. The molecule has 2 nitrogen and oxygen atoms in total. The molecule has 2 atom stereocenters. The lowest BCUT2D eigenvalue weighted by Gasteiger charge is -2.34. The van der Waals surface area contributed by atoms with E-state index in [1.165, 1.54) is 66.3 Å². The van der Waals surface area contributed by atoms with Crippen molar-refractivity contribution in [1.29, 1.82) is 0 Å². The number of hydrogen-bond acceptors (Lipinski definition) is 2. The zero-order valence-corrected chi connectivity index (χ0v) is 27.8. The van der Waals surface area contributed by atoms with E-state index in [1.54, 1.807) is 0 Å². The Bertz CT molecular complexity index is 2350. The van der Waals surface area contributed by atoms with Gasteiger partial charge in [-0.05, 0) is 104 Å². The predicted octanol–water partition coefficient (Wildman–Crippen LogP) is 9.61. The third kappa shape index (κ3) is 5.20. The van der Waals surface area contributed by atoms with Crippen LogP contribution in [0.15, 0.2) is 174 Å². The lowest BCUT2D eigenvalue weighted by Crippen LogP contribution is -2.38. The number of aromatic nitrogens is 1. The molecule has 2 heteroatoms. The molecule has 0 radical (unpaired) electrons. The number of nitrogens with zero attached hydrogens (tertiary/aromatic N) is 2. The van der Waals surface area contributed by atoms with E-state index < -0.39 is 0 Å². The smallest absolute Gasteiger partial charge is 0.0701 e. The van der Waals surface area contributed by atoms with Crippen LogP contribution in [0, 0.1) is 11.3 Å². The van der Waals surface area contributed by atoms with E-state index in [4.69, 9.17) is 4.99 Å². The van der Waals surface area contributed by atoms with Crippen LogP contribution < -0.4 is 10.4 Å². The summed E-state index contributed by atoms with van der Waals surface area (Å²) in [5, 5.41) is 2.62. The van der Waals surface area contributed by atoms with E-state index in [2.05, 4.69) is 152 Å². The van der Waals surface area contributed by atoms with Gasteiger partial charge in [-0.3, -0.25) is 9.98 Å². The molecule has 4 aliphatic carbocycles. The van der Waals surface area contributed by atoms with Crippen LogP contribution in [-0.4, -0.2) is 10.7 Å². The molecule has 236 valence electrons. The fourth-order valence-electron chi connectivity index (χ4n) is 8.28. The summed E-state index contributed by atoms with van der Waals surface area (Å²) in [5.41, 5.74) is 15.2. The quantitative estimate of drug-likeness (QED) is 0.216. The Hall–Kier alpha value is -5.60. The molecule has 2 unspecified atom stereocenters. The molecule has 2 heterocycles. The van der Waals surface area contributed by atoms with Crippen LogP contribution in [0.1, 0.15) is 54.9 Å². The highest BCUT2D eigenvalue weighted by Gasteiger charge is 2.32. The van der Waals surface area contributed by atoms with Gasteiger partial charge in [0.05, 0.1) is 5.69 Å². The third-order valence-corrected chi connectivity index (χ3v) is 10.8. The first-order valence-electron chi connectivity index (χ1n) is 17.5. The fourth-order valence-corrected chi connectivity index (χ4v) is 8.28. The molecule has 49 heavy (non-hydrogen) atoms. The van der Waals surface area contributed by atoms with Gasteiger partial charge < -0.3 is 0 Å². The minimum absolute atomic E-state index is 0.0164. The van der Waals surface area contributed by atoms with Gasteiger partial charge in [0.25, 0.3) is 0 Å². The molecule has 3 aromatic carbocycles. The van der Waals surface area contributed by atoms with Crippen LogP contribution in [0.4, 0.5) is 0 Å². The highest BCUT2D eigenvalue weighted by atomic mass is 14.7. The number of rotatable bonds is 5. The number of fused-ring (bicyclic) bond motifs is 3. The number of aliphatic imine (C=N–C) groups is 1. The largest absolute Gasteiger partial charge is 0.261 e. The van der Waals surface area contributed by atoms with E-state index in [0.717, 1.165) is 36.9 Å². The van der Waals surface area contributed by atoms with Crippen molar-refractivity contribution in [2.75, 3.05) is 0 Å². The SMILES string of the molecule is CC12C=CC=CC1=C(c1ccc3c(c1)=C(c1ccc(C4=NC=CCC4)cc1)C1=CC=CCC1C=3c1ccc(-c3ccccn3)cc1)C=CC2. The number of benzene rings is 3. The summed E-state index contributed by atoms with van der Waals surface area (Å²) >= 11 is 0. The zero-order valence-electron chi connectivity index (χ0n) is 27.8. The molecule has 0 fully saturated rings. The monoisotopic (exact) mass is 630 g/mol. The first-order chi connectivity index (χ1) is 24.2. The van der Waals surface area contributed by atoms with Crippen LogP contribution in [0.2, 0.25) is 0 Å². The molecule has 0 spiro atoms. The van der Waals surface area contributed by atoms with Gasteiger partial charge in [0.1, 0.15) is 0 Å². The third-order valence-electron chi connectivity index (χ3n) is 10.8. The van der Waals surface area contributed by atoms with Crippen molar-refractivity contribution in [3.05, 3.63) is 202 Å². The summed E-state index contributed by atoms with van der Waals surface area (Å²) in [6.07, 6.45) is 30.7. The maximum Gasteiger partial charge on any atom is 0.0701 e.